The average Bonchev–Trinajstić information content (AvgIpc) is 3.09. The molecule has 2 aromatic carbocycles. The lowest BCUT2D eigenvalue weighted by molar-refractivity contribution is -0.137. The lowest BCUT2D eigenvalue weighted by Crippen LogP contribution is -2.58. The van der Waals surface area contributed by atoms with E-state index in [-0.39, 0.29) is 23.6 Å². The van der Waals surface area contributed by atoms with Gasteiger partial charge in [0.1, 0.15) is 11.8 Å². The molecule has 2 aliphatic rings. The first-order chi connectivity index (χ1) is 15.5. The molecule has 1 saturated heterocycles. The van der Waals surface area contributed by atoms with Crippen molar-refractivity contribution in [1.29, 1.82) is 0 Å². The van der Waals surface area contributed by atoms with Crippen molar-refractivity contribution >= 4 is 23.4 Å². The van der Waals surface area contributed by atoms with Gasteiger partial charge in [-0.15, -0.1) is 0 Å². The fourth-order valence-corrected chi connectivity index (χ4v) is 4.54. The van der Waals surface area contributed by atoms with E-state index in [0.717, 1.165) is 11.4 Å². The van der Waals surface area contributed by atoms with Gasteiger partial charge in [0.15, 0.2) is 0 Å². The third-order valence-electron chi connectivity index (χ3n) is 6.56. The topological polar surface area (TPSA) is 70.2 Å². The number of carbonyl (C=O) groups excluding carboxylic acids is 3. The van der Waals surface area contributed by atoms with Gasteiger partial charge in [0.2, 0.25) is 5.91 Å². The van der Waals surface area contributed by atoms with Crippen LogP contribution in [0.3, 0.4) is 0 Å². The van der Waals surface area contributed by atoms with Gasteiger partial charge in [0.25, 0.3) is 11.8 Å². The smallest absolute Gasteiger partial charge is 0.262 e. The Morgan fingerprint density at radius 3 is 2.06 bits per heavy atom. The van der Waals surface area contributed by atoms with Gasteiger partial charge < -0.3 is 14.5 Å². The summed E-state index contributed by atoms with van der Waals surface area (Å²) in [6.07, 6.45) is 0.686. The number of hydrogen-bond donors (Lipinski definition) is 0. The summed E-state index contributed by atoms with van der Waals surface area (Å²) in [6, 6.07) is 13.8. The van der Waals surface area contributed by atoms with Crippen molar-refractivity contribution < 1.29 is 19.1 Å². The molecule has 7 nitrogen and oxygen atoms in total. The number of ether oxygens (including phenoxy) is 1. The van der Waals surface area contributed by atoms with Crippen molar-refractivity contribution in [2.75, 3.05) is 38.2 Å². The molecule has 4 rings (SSSR count). The number of hydrogen-bond acceptors (Lipinski definition) is 5. The highest BCUT2D eigenvalue weighted by molar-refractivity contribution is 6.22. The molecule has 0 aliphatic carbocycles. The molecule has 0 N–H and O–H groups in total. The van der Waals surface area contributed by atoms with E-state index in [1.807, 2.05) is 38.1 Å². The Morgan fingerprint density at radius 2 is 1.50 bits per heavy atom. The van der Waals surface area contributed by atoms with Crippen LogP contribution in [-0.4, -0.2) is 66.9 Å². The van der Waals surface area contributed by atoms with E-state index in [4.69, 9.17) is 4.74 Å². The predicted octanol–water partition coefficient (Wildman–Crippen LogP) is 3.05. The molecule has 0 radical (unpaired) electrons. The largest absolute Gasteiger partial charge is 0.495 e. The van der Waals surface area contributed by atoms with E-state index >= 15 is 0 Å². The van der Waals surface area contributed by atoms with Crippen LogP contribution < -0.4 is 9.64 Å². The number of fused-ring (bicyclic) bond motifs is 1. The van der Waals surface area contributed by atoms with Crippen LogP contribution in [0.1, 0.15) is 41.0 Å². The van der Waals surface area contributed by atoms with Crippen LogP contribution in [0.2, 0.25) is 0 Å². The number of methoxy groups -OCH3 is 1. The number of para-hydroxylation sites is 2. The van der Waals surface area contributed by atoms with Gasteiger partial charge in [-0.2, -0.15) is 0 Å². The van der Waals surface area contributed by atoms with Crippen LogP contribution in [-0.2, 0) is 4.79 Å². The summed E-state index contributed by atoms with van der Waals surface area (Å²) < 4.78 is 5.48. The van der Waals surface area contributed by atoms with E-state index < -0.39 is 6.04 Å². The Bertz CT molecular complexity index is 994. The van der Waals surface area contributed by atoms with Crippen LogP contribution in [0.4, 0.5) is 5.69 Å². The molecule has 3 amide bonds. The van der Waals surface area contributed by atoms with Crippen molar-refractivity contribution in [2.45, 2.75) is 26.3 Å². The quantitative estimate of drug-likeness (QED) is 0.653. The lowest BCUT2D eigenvalue weighted by Gasteiger charge is -2.40. The van der Waals surface area contributed by atoms with Crippen LogP contribution in [0, 0.1) is 5.92 Å². The van der Waals surface area contributed by atoms with E-state index in [2.05, 4.69) is 4.90 Å². The minimum atomic E-state index is -0.801. The van der Waals surface area contributed by atoms with Gasteiger partial charge in [0, 0.05) is 26.2 Å². The first-order valence-electron chi connectivity index (χ1n) is 11.1. The molecule has 2 atom stereocenters. The second-order valence-corrected chi connectivity index (χ2v) is 8.34. The molecule has 0 bridgehead atoms. The second-order valence-electron chi connectivity index (χ2n) is 8.34. The number of nitrogens with zero attached hydrogens (tertiary/aromatic N) is 3. The standard InChI is InChI=1S/C25H29N3O4/c1-4-17(2)22(28-23(29)18-9-5-6-10-19(18)24(28)30)25(31)27-15-13-26(14-16-27)20-11-7-8-12-21(20)32-3/h5-12,17,22H,4,13-16H2,1-3H3. The minimum Gasteiger partial charge on any atom is -0.495 e. The van der Waals surface area contributed by atoms with Gasteiger partial charge in [-0.3, -0.25) is 19.3 Å². The molecular formula is C25H29N3O4. The van der Waals surface area contributed by atoms with Crippen LogP contribution >= 0.6 is 0 Å². The third-order valence-corrected chi connectivity index (χ3v) is 6.56. The molecule has 7 heteroatoms. The van der Waals surface area contributed by atoms with Crippen LogP contribution in [0.15, 0.2) is 48.5 Å². The molecule has 2 heterocycles. The monoisotopic (exact) mass is 435 g/mol. The zero-order chi connectivity index (χ0) is 22.8. The molecule has 168 valence electrons. The molecule has 2 unspecified atom stereocenters. The average molecular weight is 436 g/mol. The van der Waals surface area contributed by atoms with Crippen LogP contribution in [0.25, 0.3) is 0 Å². The third kappa shape index (κ3) is 3.72. The summed E-state index contributed by atoms with van der Waals surface area (Å²) >= 11 is 0. The Morgan fingerprint density at radius 1 is 0.938 bits per heavy atom. The Balaban J connectivity index is 1.53. The molecule has 0 spiro atoms. The lowest BCUT2D eigenvalue weighted by atomic mass is 9.95. The normalized spacial score (nSPS) is 17.9. The molecule has 32 heavy (non-hydrogen) atoms. The first-order valence-corrected chi connectivity index (χ1v) is 11.1. The number of rotatable bonds is 6. The number of imide groups is 1. The van der Waals surface area contributed by atoms with Crippen molar-refractivity contribution in [3.05, 3.63) is 59.7 Å². The molecular weight excluding hydrogens is 406 g/mol. The fourth-order valence-electron chi connectivity index (χ4n) is 4.54. The number of benzene rings is 2. The number of amides is 3. The Hall–Kier alpha value is -3.35. The Labute approximate surface area is 188 Å². The van der Waals surface area contributed by atoms with E-state index in [9.17, 15) is 14.4 Å². The summed E-state index contributed by atoms with van der Waals surface area (Å²) in [5, 5.41) is 0. The maximum atomic E-state index is 13.6. The molecule has 2 aromatic rings. The van der Waals surface area contributed by atoms with Crippen molar-refractivity contribution in [3.63, 3.8) is 0 Å². The van der Waals surface area contributed by atoms with Gasteiger partial charge in [-0.1, -0.05) is 44.5 Å². The van der Waals surface area contributed by atoms with E-state index in [1.54, 1.807) is 36.3 Å². The van der Waals surface area contributed by atoms with Gasteiger partial charge >= 0.3 is 0 Å². The molecule has 2 aliphatic heterocycles. The highest BCUT2D eigenvalue weighted by atomic mass is 16.5. The van der Waals surface area contributed by atoms with Crippen molar-refractivity contribution in [1.82, 2.24) is 9.80 Å². The first kappa shape index (κ1) is 21.9. The van der Waals surface area contributed by atoms with Gasteiger partial charge in [-0.25, -0.2) is 0 Å². The minimum absolute atomic E-state index is 0.142. The van der Waals surface area contributed by atoms with E-state index in [0.29, 0.717) is 43.7 Å². The predicted molar refractivity (Wildman–Crippen MR) is 122 cm³/mol. The second kappa shape index (κ2) is 9.02. The number of anilines is 1. The molecule has 0 aromatic heterocycles. The van der Waals surface area contributed by atoms with Crippen LogP contribution in [0.5, 0.6) is 5.75 Å². The molecule has 1 fully saturated rings. The summed E-state index contributed by atoms with van der Waals surface area (Å²) in [6.45, 7) is 6.25. The summed E-state index contributed by atoms with van der Waals surface area (Å²) in [5.74, 6) is -0.255. The fraction of sp³-hybridized carbons (Fsp3) is 0.400. The summed E-state index contributed by atoms with van der Waals surface area (Å²) in [4.78, 5) is 45.0. The zero-order valence-corrected chi connectivity index (χ0v) is 18.8. The maximum absolute atomic E-state index is 13.6. The number of piperazine rings is 1. The summed E-state index contributed by atoms with van der Waals surface area (Å²) in [7, 11) is 1.65. The molecule has 0 saturated carbocycles. The maximum Gasteiger partial charge on any atom is 0.262 e. The summed E-state index contributed by atoms with van der Waals surface area (Å²) in [5.41, 5.74) is 1.75. The van der Waals surface area contributed by atoms with Gasteiger partial charge in [-0.05, 0) is 30.2 Å². The zero-order valence-electron chi connectivity index (χ0n) is 18.8. The SMILES string of the molecule is CCC(C)C(C(=O)N1CCN(c2ccccc2OC)CC1)N1C(=O)c2ccccc2C1=O. The van der Waals surface area contributed by atoms with Crippen molar-refractivity contribution in [3.8, 4) is 5.75 Å². The van der Waals surface area contributed by atoms with Crippen molar-refractivity contribution in [2.24, 2.45) is 5.92 Å². The highest BCUT2D eigenvalue weighted by Gasteiger charge is 2.46. The Kier molecular flexibility index (Phi) is 6.17. The number of carbonyl (C=O) groups is 3. The highest BCUT2D eigenvalue weighted by Crippen LogP contribution is 2.31. The van der Waals surface area contributed by atoms with Gasteiger partial charge in [0.05, 0.1) is 23.9 Å². The van der Waals surface area contributed by atoms with E-state index in [1.165, 1.54) is 4.90 Å².